The Kier molecular flexibility index (Phi) is 7.13. The van der Waals surface area contributed by atoms with Gasteiger partial charge in [-0.1, -0.05) is 164 Å². The zero-order valence-corrected chi connectivity index (χ0v) is 31.4. The van der Waals surface area contributed by atoms with Gasteiger partial charge in [-0.2, -0.15) is 0 Å². The summed E-state index contributed by atoms with van der Waals surface area (Å²) < 4.78 is 9.61. The molecule has 0 radical (unpaired) electrons. The summed E-state index contributed by atoms with van der Waals surface area (Å²) in [7, 11) is 0. The van der Waals surface area contributed by atoms with Gasteiger partial charge in [0.05, 0.1) is 0 Å². The molecule has 266 valence electrons. The van der Waals surface area contributed by atoms with Crippen LogP contribution in [0.2, 0.25) is 0 Å². The summed E-state index contributed by atoms with van der Waals surface area (Å²) in [5.74, 6) is 1.89. The smallest absolute Gasteiger partial charge is 0.164 e. The Morgan fingerprint density at radius 1 is 0.404 bits per heavy atom. The molecule has 8 aromatic carbocycles. The van der Waals surface area contributed by atoms with Gasteiger partial charge in [0.1, 0.15) is 11.2 Å². The number of hydrogen-bond donors (Lipinski definition) is 0. The number of fused-ring (bicyclic) bond motifs is 10. The number of furan rings is 1. The molecule has 4 nitrogen and oxygen atoms in total. The predicted octanol–water partition coefficient (Wildman–Crippen LogP) is 14.0. The zero-order valence-electron chi connectivity index (χ0n) is 30.6. The second-order valence-corrected chi connectivity index (χ2v) is 15.7. The maximum Gasteiger partial charge on any atom is 0.164 e. The van der Waals surface area contributed by atoms with Crippen LogP contribution < -0.4 is 0 Å². The topological polar surface area (TPSA) is 51.8 Å². The van der Waals surface area contributed by atoms with Gasteiger partial charge >= 0.3 is 0 Å². The third-order valence-electron chi connectivity index (χ3n) is 11.4. The fourth-order valence-corrected chi connectivity index (χ4v) is 10.1. The zero-order chi connectivity index (χ0) is 37.5. The maximum atomic E-state index is 6.94. The molecule has 0 saturated heterocycles. The van der Waals surface area contributed by atoms with Crippen LogP contribution in [0, 0.1) is 0 Å². The van der Waals surface area contributed by atoms with Crippen LogP contribution in [-0.4, -0.2) is 15.0 Å². The maximum absolute atomic E-state index is 6.94. The first-order valence-electron chi connectivity index (χ1n) is 19.2. The van der Waals surface area contributed by atoms with E-state index in [9.17, 15) is 0 Å². The molecule has 3 heterocycles. The molecule has 11 aromatic rings. The number of hydrogen-bond acceptors (Lipinski definition) is 5. The summed E-state index contributed by atoms with van der Waals surface area (Å²) in [5, 5.41) is 4.80. The van der Waals surface area contributed by atoms with Crippen LogP contribution >= 0.6 is 11.3 Å². The molecule has 3 aromatic heterocycles. The highest BCUT2D eigenvalue weighted by Gasteiger charge is 2.34. The molecule has 0 fully saturated rings. The van der Waals surface area contributed by atoms with E-state index in [0.717, 1.165) is 44.2 Å². The Balaban J connectivity index is 0.995. The largest absolute Gasteiger partial charge is 0.456 e. The van der Waals surface area contributed by atoms with E-state index in [4.69, 9.17) is 19.4 Å². The standard InChI is InChI=1S/C52H31N3OS/c1-3-12-31(13-4-1)32-22-24-34(25-23-32)51-53-50(33-14-5-2-6-15-33)54-52(55-51)35-26-27-36-40-19-11-20-43(48(40)56-44(36)30-35)46-38-17-7-8-18-39(38)47-42(46)29-28-41-37-16-9-10-21-45(37)57-49(41)47/h1-30,46H. The Hall–Kier alpha value is -7.21. The molecule has 0 bridgehead atoms. The Labute approximate surface area is 332 Å². The Morgan fingerprint density at radius 2 is 0.982 bits per heavy atom. The first-order valence-corrected chi connectivity index (χ1v) is 20.0. The lowest BCUT2D eigenvalue weighted by Crippen LogP contribution is -2.00. The van der Waals surface area contributed by atoms with Crippen molar-refractivity contribution in [3.05, 3.63) is 199 Å². The highest BCUT2D eigenvalue weighted by molar-refractivity contribution is 7.26. The van der Waals surface area contributed by atoms with Gasteiger partial charge in [0.15, 0.2) is 17.5 Å². The van der Waals surface area contributed by atoms with Crippen LogP contribution in [0.15, 0.2) is 186 Å². The van der Waals surface area contributed by atoms with Crippen LogP contribution in [0.5, 0.6) is 0 Å². The molecule has 57 heavy (non-hydrogen) atoms. The van der Waals surface area contributed by atoms with Gasteiger partial charge in [-0.25, -0.2) is 15.0 Å². The molecule has 0 spiro atoms. The normalized spacial score (nSPS) is 13.4. The molecule has 0 saturated carbocycles. The highest BCUT2D eigenvalue weighted by Crippen LogP contribution is 2.54. The SMILES string of the molecule is c1ccc(-c2ccc(-c3nc(-c4ccccc4)nc(-c4ccc5c(c4)oc4c(C6c7ccccc7-c7c6ccc6c7sc7ccccc76)cccc45)n3)cc2)cc1. The fourth-order valence-electron chi connectivity index (χ4n) is 8.78. The number of nitrogens with zero attached hydrogens (tertiary/aromatic N) is 3. The van der Waals surface area contributed by atoms with Crippen molar-refractivity contribution in [2.75, 3.05) is 0 Å². The summed E-state index contributed by atoms with van der Waals surface area (Å²) >= 11 is 1.89. The van der Waals surface area contributed by atoms with Gasteiger partial charge in [-0.3, -0.25) is 0 Å². The molecule has 1 unspecified atom stereocenters. The van der Waals surface area contributed by atoms with Gasteiger partial charge in [0.2, 0.25) is 0 Å². The van der Waals surface area contributed by atoms with E-state index in [0.29, 0.717) is 17.5 Å². The average Bonchev–Trinajstić information content (AvgIpc) is 3.96. The summed E-state index contributed by atoms with van der Waals surface area (Å²) in [6.45, 7) is 0. The fraction of sp³-hybridized carbons (Fsp3) is 0.0192. The molecule has 0 aliphatic heterocycles. The number of thiophene rings is 1. The lowest BCUT2D eigenvalue weighted by atomic mass is 9.88. The highest BCUT2D eigenvalue weighted by atomic mass is 32.1. The van der Waals surface area contributed by atoms with Crippen LogP contribution in [0.3, 0.4) is 0 Å². The first-order chi connectivity index (χ1) is 28.2. The van der Waals surface area contributed by atoms with Crippen molar-refractivity contribution in [3.63, 3.8) is 0 Å². The molecule has 0 amide bonds. The van der Waals surface area contributed by atoms with Crippen LogP contribution in [0.4, 0.5) is 0 Å². The average molecular weight is 746 g/mol. The van der Waals surface area contributed by atoms with Crippen molar-refractivity contribution in [3.8, 4) is 56.4 Å². The molecule has 1 aliphatic carbocycles. The van der Waals surface area contributed by atoms with Crippen LogP contribution in [-0.2, 0) is 0 Å². The minimum absolute atomic E-state index is 0.0438. The van der Waals surface area contributed by atoms with Crippen LogP contribution in [0.1, 0.15) is 22.6 Å². The minimum Gasteiger partial charge on any atom is -0.456 e. The molecule has 12 rings (SSSR count). The summed E-state index contributed by atoms with van der Waals surface area (Å²) in [6, 6.07) is 64.2. The summed E-state index contributed by atoms with van der Waals surface area (Å²) in [6.07, 6.45) is 0. The Bertz CT molecular complexity index is 3350. The van der Waals surface area contributed by atoms with E-state index >= 15 is 0 Å². The second-order valence-electron chi connectivity index (χ2n) is 14.7. The van der Waals surface area contributed by atoms with E-state index in [-0.39, 0.29) is 5.92 Å². The molecule has 1 atom stereocenters. The van der Waals surface area contributed by atoms with E-state index in [2.05, 4.69) is 146 Å². The van der Waals surface area contributed by atoms with Crippen molar-refractivity contribution < 1.29 is 4.42 Å². The Morgan fingerprint density at radius 3 is 1.79 bits per heavy atom. The third-order valence-corrected chi connectivity index (χ3v) is 12.7. The van der Waals surface area contributed by atoms with E-state index in [1.54, 1.807) is 0 Å². The van der Waals surface area contributed by atoms with Crippen molar-refractivity contribution >= 4 is 53.4 Å². The summed E-state index contributed by atoms with van der Waals surface area (Å²) in [5.41, 5.74) is 13.2. The summed E-state index contributed by atoms with van der Waals surface area (Å²) in [4.78, 5) is 15.1. The van der Waals surface area contributed by atoms with Crippen molar-refractivity contribution in [2.24, 2.45) is 0 Å². The number of benzene rings is 8. The quantitative estimate of drug-likeness (QED) is 0.176. The van der Waals surface area contributed by atoms with E-state index < -0.39 is 0 Å². The van der Waals surface area contributed by atoms with Crippen molar-refractivity contribution in [2.45, 2.75) is 5.92 Å². The molecule has 5 heteroatoms. The van der Waals surface area contributed by atoms with Gasteiger partial charge in [0.25, 0.3) is 0 Å². The van der Waals surface area contributed by atoms with E-state index in [1.807, 2.05) is 47.7 Å². The van der Waals surface area contributed by atoms with Gasteiger partial charge in [0, 0.05) is 64.7 Å². The molecular weight excluding hydrogens is 715 g/mol. The van der Waals surface area contributed by atoms with Gasteiger partial charge in [-0.15, -0.1) is 11.3 Å². The van der Waals surface area contributed by atoms with Crippen molar-refractivity contribution in [1.82, 2.24) is 15.0 Å². The molecular formula is C52H31N3OS. The third kappa shape index (κ3) is 5.10. The lowest BCUT2D eigenvalue weighted by molar-refractivity contribution is 0.661. The molecule has 0 N–H and O–H groups in total. The van der Waals surface area contributed by atoms with Crippen molar-refractivity contribution in [1.29, 1.82) is 0 Å². The van der Waals surface area contributed by atoms with Gasteiger partial charge < -0.3 is 4.42 Å². The first kappa shape index (κ1) is 32.1. The molecule has 1 aliphatic rings. The van der Waals surface area contributed by atoms with Gasteiger partial charge in [-0.05, 0) is 46.0 Å². The number of rotatable bonds is 5. The predicted molar refractivity (Wildman–Crippen MR) is 235 cm³/mol. The number of para-hydroxylation sites is 1. The minimum atomic E-state index is 0.0438. The van der Waals surface area contributed by atoms with E-state index in [1.165, 1.54) is 53.6 Å². The number of aromatic nitrogens is 3. The lowest BCUT2D eigenvalue weighted by Gasteiger charge is -2.15. The van der Waals surface area contributed by atoms with Crippen LogP contribution in [0.25, 0.3) is 98.5 Å². The monoisotopic (exact) mass is 745 g/mol. The second kappa shape index (κ2) is 12.7.